The molecule has 0 amide bonds. The van der Waals surface area contributed by atoms with E-state index in [1.807, 2.05) is 19.1 Å². The van der Waals surface area contributed by atoms with Crippen molar-refractivity contribution in [3.05, 3.63) is 35.9 Å². The van der Waals surface area contributed by atoms with Crippen LogP contribution in [0.3, 0.4) is 0 Å². The maximum Gasteiger partial charge on any atom is 0.115 e. The van der Waals surface area contributed by atoms with Gasteiger partial charge in [0.1, 0.15) is 5.75 Å². The van der Waals surface area contributed by atoms with Gasteiger partial charge in [0, 0.05) is 0 Å². The average Bonchev–Trinajstić information content (AvgIpc) is 2.14. The van der Waals surface area contributed by atoms with Crippen molar-refractivity contribution in [1.29, 1.82) is 0 Å². The molecule has 0 saturated carbocycles. The van der Waals surface area contributed by atoms with Crippen LogP contribution in [0.15, 0.2) is 24.8 Å². The van der Waals surface area contributed by atoms with E-state index in [1.165, 1.54) is 17.5 Å². The van der Waals surface area contributed by atoms with Gasteiger partial charge in [0.25, 0.3) is 0 Å². The minimum absolute atomic E-state index is 0.348. The van der Waals surface area contributed by atoms with Gasteiger partial charge in [0.05, 0.1) is 0 Å². The Bertz CT molecular complexity index is 326. The third-order valence-corrected chi connectivity index (χ3v) is 2.35. The molecule has 0 heterocycles. The highest BCUT2D eigenvalue weighted by molar-refractivity contribution is 5.65. The number of phenolic OH excluding ortho intramolecular Hbond substituents is 1. The number of aromatic hydroxyl groups is 1. The van der Waals surface area contributed by atoms with Crippen LogP contribution < -0.4 is 0 Å². The molecule has 1 rings (SSSR count). The van der Waals surface area contributed by atoms with Gasteiger partial charge in [-0.25, -0.2) is 0 Å². The third kappa shape index (κ3) is 2.63. The summed E-state index contributed by atoms with van der Waals surface area (Å²) in [4.78, 5) is 0. The smallest absolute Gasteiger partial charge is 0.115 e. The highest BCUT2D eigenvalue weighted by Crippen LogP contribution is 2.23. The summed E-state index contributed by atoms with van der Waals surface area (Å²) in [5.41, 5.74) is 3.45. The number of allylic oxidation sites excluding steroid dienone is 1. The van der Waals surface area contributed by atoms with Crippen LogP contribution >= 0.6 is 0 Å². The molecule has 0 fully saturated rings. The molecule has 0 radical (unpaired) electrons. The molecule has 1 N–H and O–H groups in total. The van der Waals surface area contributed by atoms with Crippen molar-refractivity contribution in [2.24, 2.45) is 0 Å². The van der Waals surface area contributed by atoms with Gasteiger partial charge in [0.15, 0.2) is 0 Å². The van der Waals surface area contributed by atoms with Gasteiger partial charge in [0.2, 0.25) is 0 Å². The van der Waals surface area contributed by atoms with Crippen LogP contribution in [0, 0.1) is 0 Å². The van der Waals surface area contributed by atoms with E-state index in [0.29, 0.717) is 5.75 Å². The van der Waals surface area contributed by atoms with Crippen molar-refractivity contribution < 1.29 is 5.11 Å². The largest absolute Gasteiger partial charge is 0.508 e. The average molecular weight is 190 g/mol. The Morgan fingerprint density at radius 2 is 2.14 bits per heavy atom. The first-order valence-electron chi connectivity index (χ1n) is 5.13. The maximum atomic E-state index is 9.39. The minimum Gasteiger partial charge on any atom is -0.508 e. The summed E-state index contributed by atoms with van der Waals surface area (Å²) >= 11 is 0. The normalized spacial score (nSPS) is 10.1. The fraction of sp³-hybridized carbons (Fsp3) is 0.385. The van der Waals surface area contributed by atoms with Crippen LogP contribution in [0.25, 0.3) is 5.57 Å². The standard InChI is InChI=1S/C13H18O/c1-4-5-6-11-9-12(14)7-8-13(11)10(2)3/h7-9,14H,2,4-6H2,1,3H3. The molecule has 14 heavy (non-hydrogen) atoms. The fourth-order valence-corrected chi connectivity index (χ4v) is 1.57. The monoisotopic (exact) mass is 190 g/mol. The quantitative estimate of drug-likeness (QED) is 0.766. The maximum absolute atomic E-state index is 9.39. The number of hydrogen-bond donors (Lipinski definition) is 1. The molecular formula is C13H18O. The lowest BCUT2D eigenvalue weighted by atomic mass is 9.97. The molecule has 0 aliphatic carbocycles. The first-order valence-corrected chi connectivity index (χ1v) is 5.13. The molecule has 1 aromatic carbocycles. The van der Waals surface area contributed by atoms with E-state index in [9.17, 15) is 5.11 Å². The molecule has 76 valence electrons. The number of phenols is 1. The lowest BCUT2D eigenvalue weighted by Crippen LogP contribution is -1.91. The molecule has 0 saturated heterocycles. The van der Waals surface area contributed by atoms with Crippen LogP contribution in [-0.2, 0) is 6.42 Å². The first-order chi connectivity index (χ1) is 6.65. The van der Waals surface area contributed by atoms with Gasteiger partial charge in [-0.2, -0.15) is 0 Å². The van der Waals surface area contributed by atoms with Gasteiger partial charge in [-0.1, -0.05) is 31.6 Å². The second-order valence-electron chi connectivity index (χ2n) is 3.73. The zero-order chi connectivity index (χ0) is 10.6. The highest BCUT2D eigenvalue weighted by Gasteiger charge is 2.03. The molecule has 0 unspecified atom stereocenters. The predicted octanol–water partition coefficient (Wildman–Crippen LogP) is 3.77. The van der Waals surface area contributed by atoms with Crippen LogP contribution in [0.2, 0.25) is 0 Å². The molecule has 1 aromatic rings. The van der Waals surface area contributed by atoms with Gasteiger partial charge >= 0.3 is 0 Å². The molecular weight excluding hydrogens is 172 g/mol. The topological polar surface area (TPSA) is 20.2 Å². The van der Waals surface area contributed by atoms with E-state index in [1.54, 1.807) is 6.07 Å². The van der Waals surface area contributed by atoms with E-state index in [0.717, 1.165) is 18.4 Å². The van der Waals surface area contributed by atoms with E-state index < -0.39 is 0 Å². The molecule has 0 spiro atoms. The molecule has 0 aliphatic rings. The molecule has 0 atom stereocenters. The number of hydrogen-bond acceptors (Lipinski definition) is 1. The Morgan fingerprint density at radius 3 is 2.71 bits per heavy atom. The summed E-state index contributed by atoms with van der Waals surface area (Å²) in [5, 5.41) is 9.39. The Labute approximate surface area is 86.1 Å². The second kappa shape index (κ2) is 4.85. The molecule has 0 bridgehead atoms. The van der Waals surface area contributed by atoms with Crippen LogP contribution in [-0.4, -0.2) is 5.11 Å². The van der Waals surface area contributed by atoms with Crippen molar-refractivity contribution in [1.82, 2.24) is 0 Å². The number of rotatable bonds is 4. The zero-order valence-corrected chi connectivity index (χ0v) is 9.01. The summed E-state index contributed by atoms with van der Waals surface area (Å²) in [7, 11) is 0. The first kappa shape index (κ1) is 10.8. The molecule has 0 aliphatic heterocycles. The van der Waals surface area contributed by atoms with Crippen LogP contribution in [0.4, 0.5) is 0 Å². The number of aryl methyl sites for hydroxylation is 1. The Morgan fingerprint density at radius 1 is 1.43 bits per heavy atom. The summed E-state index contributed by atoms with van der Waals surface area (Å²) in [5.74, 6) is 0.348. The fourth-order valence-electron chi connectivity index (χ4n) is 1.57. The highest BCUT2D eigenvalue weighted by atomic mass is 16.3. The van der Waals surface area contributed by atoms with E-state index in [-0.39, 0.29) is 0 Å². The Kier molecular flexibility index (Phi) is 3.75. The third-order valence-electron chi connectivity index (χ3n) is 2.35. The van der Waals surface area contributed by atoms with Crippen LogP contribution in [0.5, 0.6) is 5.75 Å². The summed E-state index contributed by atoms with van der Waals surface area (Å²) in [6.45, 7) is 8.11. The van der Waals surface area contributed by atoms with Crippen molar-refractivity contribution in [2.75, 3.05) is 0 Å². The molecule has 1 heteroatoms. The van der Waals surface area contributed by atoms with E-state index in [2.05, 4.69) is 13.5 Å². The SMILES string of the molecule is C=C(C)c1ccc(O)cc1CCCC. The number of benzene rings is 1. The molecule has 1 nitrogen and oxygen atoms in total. The van der Waals surface area contributed by atoms with Gasteiger partial charge in [-0.15, -0.1) is 0 Å². The van der Waals surface area contributed by atoms with Gasteiger partial charge in [-0.3, -0.25) is 0 Å². The second-order valence-corrected chi connectivity index (χ2v) is 3.73. The van der Waals surface area contributed by atoms with Crippen LogP contribution in [0.1, 0.15) is 37.8 Å². The summed E-state index contributed by atoms with van der Waals surface area (Å²) in [6.07, 6.45) is 3.35. The summed E-state index contributed by atoms with van der Waals surface area (Å²) < 4.78 is 0. The molecule has 0 aromatic heterocycles. The van der Waals surface area contributed by atoms with Gasteiger partial charge < -0.3 is 5.11 Å². The minimum atomic E-state index is 0.348. The van der Waals surface area contributed by atoms with Crippen molar-refractivity contribution in [3.8, 4) is 5.75 Å². The lowest BCUT2D eigenvalue weighted by Gasteiger charge is -2.09. The Balaban J connectivity index is 2.97. The van der Waals surface area contributed by atoms with Crippen molar-refractivity contribution >= 4 is 5.57 Å². The summed E-state index contributed by atoms with van der Waals surface area (Å²) in [6, 6.07) is 5.52. The predicted molar refractivity (Wildman–Crippen MR) is 61.4 cm³/mol. The number of unbranched alkanes of at least 4 members (excludes halogenated alkanes) is 1. The van der Waals surface area contributed by atoms with E-state index in [4.69, 9.17) is 0 Å². The van der Waals surface area contributed by atoms with E-state index >= 15 is 0 Å². The zero-order valence-electron chi connectivity index (χ0n) is 9.01. The van der Waals surface area contributed by atoms with Gasteiger partial charge in [-0.05, 0) is 43.0 Å². The van der Waals surface area contributed by atoms with Crippen molar-refractivity contribution in [2.45, 2.75) is 33.1 Å². The van der Waals surface area contributed by atoms with Crippen molar-refractivity contribution in [3.63, 3.8) is 0 Å². The lowest BCUT2D eigenvalue weighted by molar-refractivity contribution is 0.474. The Hall–Kier alpha value is -1.24.